The van der Waals surface area contributed by atoms with Gasteiger partial charge >= 0.3 is 0 Å². The number of hydrogen-bond donors (Lipinski definition) is 2. The summed E-state index contributed by atoms with van der Waals surface area (Å²) in [7, 11) is 0. The predicted octanol–water partition coefficient (Wildman–Crippen LogP) is 4.36. The summed E-state index contributed by atoms with van der Waals surface area (Å²) >= 11 is 0. The molecule has 1 atom stereocenters. The Morgan fingerprint density at radius 2 is 1.44 bits per heavy atom. The number of hydrogen-bond acceptors (Lipinski definition) is 7. The number of nitrogens with zero attached hydrogens (tertiary/aromatic N) is 2. The minimum atomic E-state index is -1.31. The maximum atomic E-state index is 13.4. The molecule has 4 aromatic rings. The van der Waals surface area contributed by atoms with Crippen LogP contribution in [0, 0.1) is 0 Å². The molecule has 0 bridgehead atoms. The highest BCUT2D eigenvalue weighted by atomic mass is 16.5. The summed E-state index contributed by atoms with van der Waals surface area (Å²) in [5.74, 6) is -2.09. The third-order valence-corrected chi connectivity index (χ3v) is 5.48. The summed E-state index contributed by atoms with van der Waals surface area (Å²) in [6, 6.07) is 17.1. The van der Waals surface area contributed by atoms with Gasteiger partial charge in [-0.25, -0.2) is 9.98 Å². The molecular formula is C25H18N2O5. The molecule has 1 aromatic heterocycles. The van der Waals surface area contributed by atoms with E-state index in [2.05, 4.69) is 9.98 Å². The van der Waals surface area contributed by atoms with E-state index < -0.39 is 23.4 Å². The number of rotatable bonds is 3. The number of benzene rings is 3. The second-order valence-corrected chi connectivity index (χ2v) is 7.37. The topological polar surface area (TPSA) is 109 Å². The van der Waals surface area contributed by atoms with Gasteiger partial charge < -0.3 is 14.9 Å². The van der Waals surface area contributed by atoms with E-state index in [4.69, 9.17) is 4.74 Å². The Labute approximate surface area is 182 Å². The number of fused-ring (bicyclic) bond motifs is 3. The highest BCUT2D eigenvalue weighted by Gasteiger charge is 2.42. The van der Waals surface area contributed by atoms with Gasteiger partial charge in [0.2, 0.25) is 11.6 Å². The number of aromatic hydroxyl groups is 2. The van der Waals surface area contributed by atoms with Gasteiger partial charge in [0.25, 0.3) is 0 Å². The van der Waals surface area contributed by atoms with Crippen LogP contribution in [-0.4, -0.2) is 45.2 Å². The fourth-order valence-corrected chi connectivity index (χ4v) is 4.05. The number of Topliss-reactive ketones (excluding diaryl/α,β-unsaturated/α-hetero) is 2. The lowest BCUT2D eigenvalue weighted by Gasteiger charge is -2.25. The average Bonchev–Trinajstić information content (AvgIpc) is 2.80. The first-order valence-electron chi connectivity index (χ1n) is 10.1. The van der Waals surface area contributed by atoms with Gasteiger partial charge in [0.1, 0.15) is 17.2 Å². The largest absolute Gasteiger partial charge is 0.507 e. The minimum Gasteiger partial charge on any atom is -0.507 e. The van der Waals surface area contributed by atoms with Gasteiger partial charge in [-0.3, -0.25) is 9.59 Å². The molecule has 158 valence electrons. The Kier molecular flexibility index (Phi) is 4.68. The SMILES string of the molecule is CCOC1C(=O)c2c(O)ccc(O)c2C(=O)C1=Nc1c2ccccc2nc2ccccc12. The molecule has 32 heavy (non-hydrogen) atoms. The molecular weight excluding hydrogens is 408 g/mol. The third kappa shape index (κ3) is 2.94. The van der Waals surface area contributed by atoms with E-state index in [1.54, 1.807) is 6.92 Å². The zero-order valence-electron chi connectivity index (χ0n) is 17.1. The van der Waals surface area contributed by atoms with Crippen LogP contribution in [0.3, 0.4) is 0 Å². The van der Waals surface area contributed by atoms with Gasteiger partial charge in [0.15, 0.2) is 6.10 Å². The number of carbonyl (C=O) groups is 2. The molecule has 0 aliphatic heterocycles. The molecule has 0 saturated heterocycles. The zero-order valence-corrected chi connectivity index (χ0v) is 17.1. The number of aromatic nitrogens is 1. The molecule has 2 N–H and O–H groups in total. The van der Waals surface area contributed by atoms with Crippen LogP contribution >= 0.6 is 0 Å². The van der Waals surface area contributed by atoms with E-state index in [1.807, 2.05) is 48.5 Å². The van der Waals surface area contributed by atoms with E-state index >= 15 is 0 Å². The van der Waals surface area contributed by atoms with Gasteiger partial charge in [-0.2, -0.15) is 0 Å². The van der Waals surface area contributed by atoms with Crippen LogP contribution in [0.15, 0.2) is 65.7 Å². The van der Waals surface area contributed by atoms with Crippen LogP contribution < -0.4 is 0 Å². The Hall–Kier alpha value is -4.10. The van der Waals surface area contributed by atoms with Gasteiger partial charge in [-0.15, -0.1) is 0 Å². The predicted molar refractivity (Wildman–Crippen MR) is 120 cm³/mol. The number of pyridine rings is 1. The monoisotopic (exact) mass is 426 g/mol. The lowest BCUT2D eigenvalue weighted by atomic mass is 9.84. The standard InChI is InChI=1S/C25H18N2O5/c1-2-32-25-22(23(30)19-17(28)11-12-18(29)20(19)24(25)31)27-21-13-7-3-5-9-15(13)26-16-10-6-4-8-14(16)21/h3-12,25,28-29H,2H2,1H3. The number of carbonyl (C=O) groups excluding carboxylic acids is 2. The summed E-state index contributed by atoms with van der Waals surface area (Å²) in [5, 5.41) is 22.0. The molecule has 1 aliphatic rings. The van der Waals surface area contributed by atoms with E-state index in [1.165, 1.54) is 12.1 Å². The van der Waals surface area contributed by atoms with E-state index in [-0.39, 0.29) is 29.2 Å². The van der Waals surface area contributed by atoms with Crippen molar-refractivity contribution in [3.05, 3.63) is 71.8 Å². The smallest absolute Gasteiger partial charge is 0.215 e. The molecule has 0 saturated carbocycles. The summed E-state index contributed by atoms with van der Waals surface area (Å²) in [4.78, 5) is 36.0. The van der Waals surface area contributed by atoms with Gasteiger partial charge in [-0.1, -0.05) is 36.4 Å². The first kappa shape index (κ1) is 19.8. The maximum absolute atomic E-state index is 13.4. The fraction of sp³-hybridized carbons (Fsp3) is 0.120. The van der Waals surface area contributed by atoms with Crippen LogP contribution in [0.1, 0.15) is 27.6 Å². The van der Waals surface area contributed by atoms with Crippen molar-refractivity contribution in [1.82, 2.24) is 4.98 Å². The number of phenols is 2. The third-order valence-electron chi connectivity index (χ3n) is 5.48. The number of ether oxygens (including phenoxy) is 1. The van der Waals surface area contributed by atoms with Gasteiger partial charge in [0.05, 0.1) is 27.8 Å². The first-order valence-corrected chi connectivity index (χ1v) is 10.1. The Balaban J connectivity index is 1.84. The summed E-state index contributed by atoms with van der Waals surface area (Å²) in [6.45, 7) is 1.85. The van der Waals surface area contributed by atoms with Crippen molar-refractivity contribution >= 4 is 44.8 Å². The van der Waals surface area contributed by atoms with Crippen molar-refractivity contribution in [1.29, 1.82) is 0 Å². The molecule has 0 radical (unpaired) electrons. The summed E-state index contributed by atoms with van der Waals surface area (Å²) < 4.78 is 5.62. The minimum absolute atomic E-state index is 0.147. The normalized spacial score (nSPS) is 17.3. The quantitative estimate of drug-likeness (QED) is 0.372. The van der Waals surface area contributed by atoms with Crippen molar-refractivity contribution in [2.75, 3.05) is 6.61 Å². The second-order valence-electron chi connectivity index (χ2n) is 7.37. The number of para-hydroxylation sites is 2. The maximum Gasteiger partial charge on any atom is 0.215 e. The Morgan fingerprint density at radius 1 is 0.875 bits per heavy atom. The highest BCUT2D eigenvalue weighted by Crippen LogP contribution is 2.38. The zero-order chi connectivity index (χ0) is 22.4. The molecule has 1 unspecified atom stereocenters. The fourth-order valence-electron chi connectivity index (χ4n) is 4.05. The van der Waals surface area contributed by atoms with Crippen LogP contribution in [0.2, 0.25) is 0 Å². The molecule has 1 heterocycles. The lowest BCUT2D eigenvalue weighted by Crippen LogP contribution is -2.43. The van der Waals surface area contributed by atoms with Crippen molar-refractivity contribution in [2.45, 2.75) is 13.0 Å². The summed E-state index contributed by atoms with van der Waals surface area (Å²) in [5.41, 5.74) is 1.19. The number of ketones is 2. The molecule has 0 amide bonds. The van der Waals surface area contributed by atoms with Gasteiger partial charge in [0, 0.05) is 17.4 Å². The molecule has 1 aliphatic carbocycles. The van der Waals surface area contributed by atoms with E-state index in [9.17, 15) is 19.8 Å². The van der Waals surface area contributed by atoms with Gasteiger partial charge in [-0.05, 0) is 31.2 Å². The molecule has 0 fully saturated rings. The second kappa shape index (κ2) is 7.55. The number of aliphatic imine (C=N–C) groups is 1. The average molecular weight is 426 g/mol. The van der Waals surface area contributed by atoms with E-state index in [0.29, 0.717) is 27.5 Å². The van der Waals surface area contributed by atoms with Crippen molar-refractivity contribution in [3.63, 3.8) is 0 Å². The molecule has 0 spiro atoms. The Morgan fingerprint density at radius 3 is 2.03 bits per heavy atom. The van der Waals surface area contributed by atoms with Crippen LogP contribution in [0.25, 0.3) is 21.8 Å². The Bertz CT molecular complexity index is 1400. The summed E-state index contributed by atoms with van der Waals surface area (Å²) in [6.07, 6.45) is -1.31. The molecule has 3 aromatic carbocycles. The van der Waals surface area contributed by atoms with Crippen LogP contribution in [0.5, 0.6) is 11.5 Å². The lowest BCUT2D eigenvalue weighted by molar-refractivity contribution is 0.0624. The molecule has 7 nitrogen and oxygen atoms in total. The van der Waals surface area contributed by atoms with Crippen molar-refractivity contribution in [2.24, 2.45) is 4.99 Å². The van der Waals surface area contributed by atoms with Crippen molar-refractivity contribution < 1.29 is 24.5 Å². The molecule has 7 heteroatoms. The number of phenolic OH excluding ortho intramolecular Hbond substituents is 2. The van der Waals surface area contributed by atoms with Crippen LogP contribution in [-0.2, 0) is 4.74 Å². The van der Waals surface area contributed by atoms with E-state index in [0.717, 1.165) is 0 Å². The van der Waals surface area contributed by atoms with Crippen LogP contribution in [0.4, 0.5) is 5.69 Å². The first-order chi connectivity index (χ1) is 15.5. The van der Waals surface area contributed by atoms with Crippen molar-refractivity contribution in [3.8, 4) is 11.5 Å². The highest BCUT2D eigenvalue weighted by molar-refractivity contribution is 6.56. The molecule has 5 rings (SSSR count).